The minimum Gasteiger partial charge on any atom is -0.455 e. The highest BCUT2D eigenvalue weighted by molar-refractivity contribution is 5.93. The zero-order valence-corrected chi connectivity index (χ0v) is 17.6. The summed E-state index contributed by atoms with van der Waals surface area (Å²) in [5.41, 5.74) is 0.0418. The van der Waals surface area contributed by atoms with Crippen molar-refractivity contribution in [2.45, 2.75) is 38.8 Å². The van der Waals surface area contributed by atoms with Gasteiger partial charge in [-0.15, -0.1) is 0 Å². The number of aromatic nitrogens is 3. The van der Waals surface area contributed by atoms with E-state index in [1.54, 1.807) is 6.92 Å². The summed E-state index contributed by atoms with van der Waals surface area (Å²) in [5, 5.41) is 10.2. The van der Waals surface area contributed by atoms with Crippen molar-refractivity contribution in [3.63, 3.8) is 0 Å². The van der Waals surface area contributed by atoms with E-state index in [0.29, 0.717) is 17.8 Å². The van der Waals surface area contributed by atoms with Gasteiger partial charge in [-0.05, 0) is 39.0 Å². The third-order valence-electron chi connectivity index (χ3n) is 5.57. The number of imidazole rings is 1. The second kappa shape index (κ2) is 6.99. The molecule has 5 rings (SSSR count). The second-order valence-corrected chi connectivity index (χ2v) is 8.33. The van der Waals surface area contributed by atoms with Crippen molar-refractivity contribution in [1.29, 1.82) is 0 Å². The van der Waals surface area contributed by atoms with Crippen LogP contribution in [0.4, 0.5) is 8.78 Å². The molecule has 4 heterocycles. The Morgan fingerprint density at radius 3 is 2.72 bits per heavy atom. The number of amides is 1. The van der Waals surface area contributed by atoms with Gasteiger partial charge < -0.3 is 23.8 Å². The van der Waals surface area contributed by atoms with Crippen molar-refractivity contribution in [2.24, 2.45) is 0 Å². The van der Waals surface area contributed by atoms with Crippen LogP contribution in [0.5, 0.6) is 0 Å². The third-order valence-corrected chi connectivity index (χ3v) is 5.57. The number of fused-ring (bicyclic) bond motifs is 2. The molecule has 0 saturated carbocycles. The molecular formula is C22H20F2N4O4. The van der Waals surface area contributed by atoms with Crippen molar-refractivity contribution in [3.05, 3.63) is 70.7 Å². The van der Waals surface area contributed by atoms with Crippen LogP contribution in [0.15, 0.2) is 33.4 Å². The van der Waals surface area contributed by atoms with E-state index in [0.717, 1.165) is 17.8 Å². The number of oxazole rings is 1. The van der Waals surface area contributed by atoms with Crippen LogP contribution in [-0.2, 0) is 12.0 Å². The molecule has 32 heavy (non-hydrogen) atoms. The quantitative estimate of drug-likeness (QED) is 0.500. The molecule has 10 heteroatoms. The van der Waals surface area contributed by atoms with Gasteiger partial charge >= 0.3 is 0 Å². The predicted octanol–water partition coefficient (Wildman–Crippen LogP) is 3.75. The van der Waals surface area contributed by atoms with Crippen LogP contribution in [0.2, 0.25) is 0 Å². The number of aryl methyl sites for hydroxylation is 1. The van der Waals surface area contributed by atoms with Crippen molar-refractivity contribution < 1.29 is 27.5 Å². The lowest BCUT2D eigenvalue weighted by molar-refractivity contribution is 0.0437. The average Bonchev–Trinajstić information content (AvgIpc) is 3.46. The minimum atomic E-state index is -1.37. The van der Waals surface area contributed by atoms with E-state index in [1.807, 2.05) is 0 Å². The van der Waals surface area contributed by atoms with Gasteiger partial charge in [-0.1, -0.05) is 0 Å². The van der Waals surface area contributed by atoms with Gasteiger partial charge in [-0.25, -0.2) is 18.7 Å². The van der Waals surface area contributed by atoms with E-state index in [9.17, 15) is 18.7 Å². The number of benzene rings is 1. The van der Waals surface area contributed by atoms with Crippen molar-refractivity contribution in [1.82, 2.24) is 19.9 Å². The van der Waals surface area contributed by atoms with Crippen LogP contribution in [0.3, 0.4) is 0 Å². The molecule has 1 atom stereocenters. The van der Waals surface area contributed by atoms with Crippen molar-refractivity contribution in [2.75, 3.05) is 6.54 Å². The average molecular weight is 442 g/mol. The Bertz CT molecular complexity index is 1310. The molecule has 1 amide bonds. The monoisotopic (exact) mass is 442 g/mol. The molecule has 3 aromatic heterocycles. The van der Waals surface area contributed by atoms with Crippen LogP contribution in [0.25, 0.3) is 11.0 Å². The Labute approximate surface area is 180 Å². The molecule has 0 unspecified atom stereocenters. The summed E-state index contributed by atoms with van der Waals surface area (Å²) in [6, 6.07) is 2.57. The van der Waals surface area contributed by atoms with Gasteiger partial charge in [0, 0.05) is 18.7 Å². The summed E-state index contributed by atoms with van der Waals surface area (Å²) in [4.78, 5) is 26.5. The standard InChI is InChI=1S/C22H20F2N4O4/c1-10-18(32-21(27-10)22(2,3)30)20(29)28-7-6-14-16(26-9-25-14)17(28)15-8-11-12(23)4-5-13(24)19(11)31-15/h4-5,8-9,17,30H,6-7H2,1-3H3,(H,25,26)/t17-/m1/s1. The van der Waals surface area contributed by atoms with Crippen LogP contribution < -0.4 is 0 Å². The van der Waals surface area contributed by atoms with Crippen LogP contribution in [-0.4, -0.2) is 37.4 Å². The van der Waals surface area contributed by atoms with E-state index >= 15 is 0 Å². The number of H-pyrrole nitrogens is 1. The van der Waals surface area contributed by atoms with Crippen LogP contribution in [0, 0.1) is 18.6 Å². The normalized spacial score (nSPS) is 16.6. The molecule has 4 aromatic rings. The minimum absolute atomic E-state index is 0.0141. The second-order valence-electron chi connectivity index (χ2n) is 8.33. The summed E-state index contributed by atoms with van der Waals surface area (Å²) in [7, 11) is 0. The van der Waals surface area contributed by atoms with Gasteiger partial charge in [0.05, 0.1) is 23.1 Å². The number of rotatable bonds is 3. The lowest BCUT2D eigenvalue weighted by atomic mass is 9.99. The number of halogens is 2. The maximum absolute atomic E-state index is 14.3. The third kappa shape index (κ3) is 3.10. The van der Waals surface area contributed by atoms with E-state index in [4.69, 9.17) is 8.83 Å². The van der Waals surface area contributed by atoms with Gasteiger partial charge in [0.15, 0.2) is 11.4 Å². The Morgan fingerprint density at radius 2 is 2.03 bits per heavy atom. The van der Waals surface area contributed by atoms with Crippen molar-refractivity contribution >= 4 is 16.9 Å². The summed E-state index contributed by atoms with van der Waals surface area (Å²) < 4.78 is 39.9. The number of nitrogens with one attached hydrogen (secondary N) is 1. The number of carbonyl (C=O) groups excluding carboxylic acids is 1. The first-order chi connectivity index (χ1) is 15.1. The molecule has 166 valence electrons. The first kappa shape index (κ1) is 20.4. The maximum Gasteiger partial charge on any atom is 0.292 e. The van der Waals surface area contributed by atoms with Crippen molar-refractivity contribution in [3.8, 4) is 0 Å². The molecule has 0 bridgehead atoms. The fourth-order valence-electron chi connectivity index (χ4n) is 3.98. The Balaban J connectivity index is 1.63. The number of hydrogen-bond acceptors (Lipinski definition) is 6. The molecule has 1 aliphatic rings. The predicted molar refractivity (Wildman–Crippen MR) is 108 cm³/mol. The molecule has 1 aromatic carbocycles. The molecular weight excluding hydrogens is 422 g/mol. The van der Waals surface area contributed by atoms with E-state index in [2.05, 4.69) is 15.0 Å². The number of aliphatic hydroxyl groups is 1. The molecule has 0 radical (unpaired) electrons. The highest BCUT2D eigenvalue weighted by atomic mass is 19.1. The number of furan rings is 1. The lowest BCUT2D eigenvalue weighted by Crippen LogP contribution is -2.40. The Hall–Kier alpha value is -3.53. The van der Waals surface area contributed by atoms with Gasteiger partial charge in [-0.3, -0.25) is 4.79 Å². The van der Waals surface area contributed by atoms with Crippen LogP contribution in [0.1, 0.15) is 59.2 Å². The maximum atomic E-state index is 14.3. The zero-order chi connectivity index (χ0) is 22.8. The van der Waals surface area contributed by atoms with Gasteiger partial charge in [0.1, 0.15) is 23.2 Å². The Kier molecular flexibility index (Phi) is 4.45. The largest absolute Gasteiger partial charge is 0.455 e. The van der Waals surface area contributed by atoms with Crippen LogP contribution >= 0.6 is 0 Å². The summed E-state index contributed by atoms with van der Waals surface area (Å²) in [5.74, 6) is -1.67. The fraction of sp³-hybridized carbons (Fsp3) is 0.318. The molecule has 1 aliphatic heterocycles. The highest BCUT2D eigenvalue weighted by Crippen LogP contribution is 2.38. The number of aromatic amines is 1. The van der Waals surface area contributed by atoms with E-state index in [-0.39, 0.29) is 34.9 Å². The molecule has 0 aliphatic carbocycles. The summed E-state index contributed by atoms with van der Waals surface area (Å²) in [6.45, 7) is 4.89. The first-order valence-electron chi connectivity index (χ1n) is 10.1. The number of carbonyl (C=O) groups is 1. The topological polar surface area (TPSA) is 108 Å². The number of nitrogens with zero attached hydrogens (tertiary/aromatic N) is 3. The smallest absolute Gasteiger partial charge is 0.292 e. The number of hydrogen-bond donors (Lipinski definition) is 2. The Morgan fingerprint density at radius 1 is 1.28 bits per heavy atom. The molecule has 0 spiro atoms. The van der Waals surface area contributed by atoms with Gasteiger partial charge in [0.2, 0.25) is 11.7 Å². The summed E-state index contributed by atoms with van der Waals surface area (Å²) in [6.07, 6.45) is 1.99. The molecule has 0 fully saturated rings. The van der Waals surface area contributed by atoms with Gasteiger partial charge in [0.25, 0.3) is 5.91 Å². The summed E-state index contributed by atoms with van der Waals surface area (Å²) >= 11 is 0. The van der Waals surface area contributed by atoms with E-state index in [1.165, 1.54) is 31.1 Å². The van der Waals surface area contributed by atoms with Gasteiger partial charge in [-0.2, -0.15) is 0 Å². The SMILES string of the molecule is Cc1nc(C(C)(C)O)oc1C(=O)N1CCc2[nH]cnc2[C@H]1c1cc2c(F)ccc(F)c2o1. The lowest BCUT2D eigenvalue weighted by Gasteiger charge is -2.33. The first-order valence-corrected chi connectivity index (χ1v) is 10.1. The zero-order valence-electron chi connectivity index (χ0n) is 17.6. The highest BCUT2D eigenvalue weighted by Gasteiger charge is 2.39. The van der Waals surface area contributed by atoms with E-state index < -0.39 is 29.2 Å². The molecule has 2 N–H and O–H groups in total. The fourth-order valence-corrected chi connectivity index (χ4v) is 3.98. The molecule has 0 saturated heterocycles. The molecule has 8 nitrogen and oxygen atoms in total.